The smallest absolute Gasteiger partial charge is 0.235 e. The summed E-state index contributed by atoms with van der Waals surface area (Å²) in [5.41, 5.74) is -0.993. The van der Waals surface area contributed by atoms with E-state index in [1.807, 2.05) is 0 Å². The molecule has 0 saturated heterocycles. The number of aliphatic hydroxyl groups excluding tert-OH is 2. The van der Waals surface area contributed by atoms with Crippen molar-refractivity contribution in [2.24, 2.45) is 5.41 Å². The third-order valence-corrected chi connectivity index (χ3v) is 2.92. The van der Waals surface area contributed by atoms with E-state index in [4.69, 9.17) is 10.2 Å². The van der Waals surface area contributed by atoms with Crippen LogP contribution in [0, 0.1) is 5.41 Å². The fraction of sp³-hybridized carbons (Fsp3) is 0.818. The highest BCUT2D eigenvalue weighted by molar-refractivity contribution is 6.08. The third-order valence-electron chi connectivity index (χ3n) is 2.92. The van der Waals surface area contributed by atoms with Gasteiger partial charge in [0.25, 0.3) is 0 Å². The monoisotopic (exact) mass is 244 g/mol. The van der Waals surface area contributed by atoms with E-state index in [-0.39, 0.29) is 37.1 Å². The first-order chi connectivity index (χ1) is 7.96. The number of hydrogen-bond donors (Lipinski definition) is 4. The first kappa shape index (κ1) is 13.9. The van der Waals surface area contributed by atoms with Crippen LogP contribution in [0.2, 0.25) is 0 Å². The number of amides is 2. The number of carbonyl (C=O) groups excluding carboxylic acids is 2. The number of rotatable bonds is 6. The molecule has 1 aliphatic carbocycles. The van der Waals surface area contributed by atoms with Crippen molar-refractivity contribution in [2.45, 2.75) is 38.8 Å². The van der Waals surface area contributed by atoms with Gasteiger partial charge in [-0.1, -0.05) is 0 Å². The van der Waals surface area contributed by atoms with Crippen LogP contribution in [0.3, 0.4) is 0 Å². The van der Waals surface area contributed by atoms with Crippen molar-refractivity contribution in [1.82, 2.24) is 10.6 Å². The minimum atomic E-state index is -0.993. The molecule has 6 heteroatoms. The molecule has 0 radical (unpaired) electrons. The Kier molecular flexibility index (Phi) is 4.47. The van der Waals surface area contributed by atoms with Gasteiger partial charge in [-0.15, -0.1) is 0 Å². The molecule has 1 fully saturated rings. The van der Waals surface area contributed by atoms with Crippen molar-refractivity contribution in [2.75, 3.05) is 13.2 Å². The second kappa shape index (κ2) is 5.46. The van der Waals surface area contributed by atoms with Gasteiger partial charge in [-0.2, -0.15) is 0 Å². The molecule has 2 atom stereocenters. The predicted molar refractivity (Wildman–Crippen MR) is 61.0 cm³/mol. The van der Waals surface area contributed by atoms with Gasteiger partial charge in [-0.05, 0) is 26.7 Å². The summed E-state index contributed by atoms with van der Waals surface area (Å²) in [5.74, 6) is -0.691. The quantitative estimate of drug-likeness (QED) is 0.439. The lowest BCUT2D eigenvalue weighted by atomic mass is 10.0. The summed E-state index contributed by atoms with van der Waals surface area (Å²) in [6, 6.07) is -0.717. The van der Waals surface area contributed by atoms with Gasteiger partial charge >= 0.3 is 0 Å². The zero-order chi connectivity index (χ0) is 13.1. The molecule has 0 spiro atoms. The molecule has 1 rings (SSSR count). The van der Waals surface area contributed by atoms with E-state index < -0.39 is 5.41 Å². The van der Waals surface area contributed by atoms with Crippen LogP contribution in [0.5, 0.6) is 0 Å². The summed E-state index contributed by atoms with van der Waals surface area (Å²) in [5, 5.41) is 22.9. The summed E-state index contributed by atoms with van der Waals surface area (Å²) < 4.78 is 0. The van der Waals surface area contributed by atoms with Crippen LogP contribution in [0.4, 0.5) is 0 Å². The first-order valence-electron chi connectivity index (χ1n) is 5.80. The first-order valence-corrected chi connectivity index (χ1v) is 5.80. The Labute approximate surface area is 100 Å². The lowest BCUT2D eigenvalue weighted by Gasteiger charge is -2.20. The van der Waals surface area contributed by atoms with Gasteiger partial charge in [0, 0.05) is 12.1 Å². The number of nitrogens with one attached hydrogen (secondary N) is 2. The normalized spacial score (nSPS) is 20.2. The molecule has 1 saturated carbocycles. The van der Waals surface area contributed by atoms with E-state index in [1.165, 1.54) is 0 Å². The molecule has 4 N–H and O–H groups in total. The molecular weight excluding hydrogens is 224 g/mol. The zero-order valence-corrected chi connectivity index (χ0v) is 10.2. The van der Waals surface area contributed by atoms with E-state index in [2.05, 4.69) is 10.6 Å². The Morgan fingerprint density at radius 1 is 1.06 bits per heavy atom. The maximum absolute atomic E-state index is 11.9. The van der Waals surface area contributed by atoms with Gasteiger partial charge in [0.2, 0.25) is 11.8 Å². The van der Waals surface area contributed by atoms with Crippen molar-refractivity contribution >= 4 is 11.8 Å². The number of carbonyl (C=O) groups is 2. The van der Waals surface area contributed by atoms with Crippen LogP contribution >= 0.6 is 0 Å². The lowest BCUT2D eigenvalue weighted by Crippen LogP contribution is -2.49. The maximum Gasteiger partial charge on any atom is 0.235 e. The van der Waals surface area contributed by atoms with Crippen LogP contribution < -0.4 is 10.6 Å². The fourth-order valence-electron chi connectivity index (χ4n) is 1.50. The topological polar surface area (TPSA) is 98.7 Å². The van der Waals surface area contributed by atoms with Crippen LogP contribution in [0.1, 0.15) is 26.7 Å². The summed E-state index contributed by atoms with van der Waals surface area (Å²) in [4.78, 5) is 23.7. The van der Waals surface area contributed by atoms with Crippen LogP contribution in [-0.4, -0.2) is 47.3 Å². The zero-order valence-electron chi connectivity index (χ0n) is 10.2. The molecule has 2 amide bonds. The number of aliphatic hydroxyl groups is 2. The fourth-order valence-corrected chi connectivity index (χ4v) is 1.50. The molecule has 0 aromatic carbocycles. The molecule has 17 heavy (non-hydrogen) atoms. The maximum atomic E-state index is 11.9. The summed E-state index contributed by atoms with van der Waals surface area (Å²) >= 11 is 0. The third kappa shape index (κ3) is 3.17. The standard InChI is InChI=1S/C11H20N2O4/c1-7(5-14)12-9(16)11(3-4-11)10(17)13-8(2)6-15/h7-8,14-15H,3-6H2,1-2H3,(H,12,16)(H,13,17)/t7-,8-/m1/s1. The van der Waals surface area contributed by atoms with Gasteiger partial charge < -0.3 is 20.8 Å². The van der Waals surface area contributed by atoms with Crippen molar-refractivity contribution in [3.63, 3.8) is 0 Å². The average Bonchev–Trinajstić information content (AvgIpc) is 3.09. The molecule has 6 nitrogen and oxygen atoms in total. The van der Waals surface area contributed by atoms with Gasteiger partial charge in [0.15, 0.2) is 0 Å². The Bertz CT molecular complexity index is 276. The molecule has 0 aromatic heterocycles. The average molecular weight is 244 g/mol. The summed E-state index contributed by atoms with van der Waals surface area (Å²) in [6.45, 7) is 3.03. The van der Waals surface area contributed by atoms with Crippen molar-refractivity contribution in [3.05, 3.63) is 0 Å². The van der Waals surface area contributed by atoms with Gasteiger partial charge in [-0.3, -0.25) is 9.59 Å². The van der Waals surface area contributed by atoms with Gasteiger partial charge in [0.05, 0.1) is 13.2 Å². The minimum absolute atomic E-state index is 0.156. The second-order valence-electron chi connectivity index (χ2n) is 4.70. The SMILES string of the molecule is C[C@H](CO)NC(=O)C1(C(=O)N[C@H](C)CO)CC1. The molecule has 1 aliphatic rings. The largest absolute Gasteiger partial charge is 0.394 e. The van der Waals surface area contributed by atoms with Crippen molar-refractivity contribution in [1.29, 1.82) is 0 Å². The van der Waals surface area contributed by atoms with Crippen molar-refractivity contribution < 1.29 is 19.8 Å². The van der Waals surface area contributed by atoms with E-state index in [1.54, 1.807) is 13.8 Å². The lowest BCUT2D eigenvalue weighted by molar-refractivity contribution is -0.138. The van der Waals surface area contributed by atoms with E-state index in [0.717, 1.165) is 0 Å². The van der Waals surface area contributed by atoms with E-state index in [0.29, 0.717) is 12.8 Å². The summed E-state index contributed by atoms with van der Waals surface area (Å²) in [7, 11) is 0. The van der Waals surface area contributed by atoms with Gasteiger partial charge in [-0.25, -0.2) is 0 Å². The molecular formula is C11H20N2O4. The molecule has 0 aliphatic heterocycles. The van der Waals surface area contributed by atoms with Crippen molar-refractivity contribution in [3.8, 4) is 0 Å². The Morgan fingerprint density at radius 3 is 1.65 bits per heavy atom. The van der Waals surface area contributed by atoms with Crippen LogP contribution in [0.25, 0.3) is 0 Å². The van der Waals surface area contributed by atoms with Gasteiger partial charge in [0.1, 0.15) is 5.41 Å². The highest BCUT2D eigenvalue weighted by Crippen LogP contribution is 2.46. The van der Waals surface area contributed by atoms with E-state index in [9.17, 15) is 9.59 Å². The van der Waals surface area contributed by atoms with Crippen LogP contribution in [0.15, 0.2) is 0 Å². The molecule has 0 bridgehead atoms. The Morgan fingerprint density at radius 2 is 1.41 bits per heavy atom. The minimum Gasteiger partial charge on any atom is -0.394 e. The van der Waals surface area contributed by atoms with Crippen LogP contribution in [-0.2, 0) is 9.59 Å². The second-order valence-corrected chi connectivity index (χ2v) is 4.70. The number of hydrogen-bond acceptors (Lipinski definition) is 4. The van der Waals surface area contributed by atoms with E-state index >= 15 is 0 Å². The Balaban J connectivity index is 2.56. The molecule has 98 valence electrons. The predicted octanol–water partition coefficient (Wildman–Crippen LogP) is -1.24. The highest BCUT2D eigenvalue weighted by atomic mass is 16.3. The molecule has 0 aromatic rings. The molecule has 0 unspecified atom stereocenters. The Hall–Kier alpha value is -1.14. The summed E-state index contributed by atoms with van der Waals surface area (Å²) in [6.07, 6.45) is 1.03. The molecule has 0 heterocycles. The highest BCUT2D eigenvalue weighted by Gasteiger charge is 2.56.